The Hall–Kier alpha value is -1.79. The van der Waals surface area contributed by atoms with Gasteiger partial charge < -0.3 is 14.7 Å². The summed E-state index contributed by atoms with van der Waals surface area (Å²) in [6, 6.07) is 9.02. The second-order valence-electron chi connectivity index (χ2n) is 3.94. The third kappa shape index (κ3) is 3.84. The Morgan fingerprint density at radius 2 is 2.00 bits per heavy atom. The molecular weight excluding hydrogens is 262 g/mol. The number of aliphatic hydroxyl groups is 1. The zero-order chi connectivity index (χ0) is 13.7. The van der Waals surface area contributed by atoms with E-state index in [2.05, 4.69) is 22.6 Å². The van der Waals surface area contributed by atoms with Crippen LogP contribution in [0.1, 0.15) is 0 Å². The lowest BCUT2D eigenvalue weighted by Crippen LogP contribution is -2.23. The van der Waals surface area contributed by atoms with E-state index in [-0.39, 0.29) is 6.61 Å². The van der Waals surface area contributed by atoms with Gasteiger partial charge in [0.25, 0.3) is 0 Å². The second-order valence-corrected chi connectivity index (χ2v) is 4.45. The second kappa shape index (κ2) is 6.40. The summed E-state index contributed by atoms with van der Waals surface area (Å²) in [4.78, 5) is 11.0. The van der Waals surface area contributed by atoms with E-state index in [4.69, 9.17) is 9.84 Å². The molecule has 0 aliphatic heterocycles. The van der Waals surface area contributed by atoms with Crippen molar-refractivity contribution in [3.63, 3.8) is 0 Å². The number of thiol groups is 1. The Labute approximate surface area is 117 Å². The number of nitrogens with zero attached hydrogens (tertiary/aromatic N) is 3. The molecule has 2 rings (SSSR count). The molecule has 1 heterocycles. The van der Waals surface area contributed by atoms with Gasteiger partial charge in [-0.15, -0.1) is 12.6 Å². The topological polar surface area (TPSA) is 58.5 Å². The summed E-state index contributed by atoms with van der Waals surface area (Å²) in [5, 5.41) is 8.89. The normalized spacial score (nSPS) is 10.3. The van der Waals surface area contributed by atoms with Crippen molar-refractivity contribution in [2.24, 2.45) is 0 Å². The number of aliphatic hydroxyl groups excluding tert-OH is 1. The molecule has 0 spiro atoms. The SMILES string of the molecule is CN(CCO)c1nccc(Oc2ccc(S)cc2)n1. The van der Waals surface area contributed by atoms with Crippen molar-refractivity contribution >= 4 is 18.6 Å². The molecule has 100 valence electrons. The Kier molecular flexibility index (Phi) is 4.59. The molecule has 0 atom stereocenters. The van der Waals surface area contributed by atoms with Crippen molar-refractivity contribution in [2.75, 3.05) is 25.1 Å². The van der Waals surface area contributed by atoms with Crippen molar-refractivity contribution in [1.82, 2.24) is 9.97 Å². The zero-order valence-electron chi connectivity index (χ0n) is 10.5. The molecule has 0 unspecified atom stereocenters. The summed E-state index contributed by atoms with van der Waals surface area (Å²) >= 11 is 4.21. The molecule has 0 aliphatic rings. The lowest BCUT2D eigenvalue weighted by Gasteiger charge is -2.15. The first-order valence-electron chi connectivity index (χ1n) is 5.81. The third-order valence-corrected chi connectivity index (χ3v) is 2.75. The van der Waals surface area contributed by atoms with E-state index in [0.717, 1.165) is 4.90 Å². The van der Waals surface area contributed by atoms with E-state index in [1.807, 2.05) is 31.3 Å². The highest BCUT2D eigenvalue weighted by Crippen LogP contribution is 2.21. The van der Waals surface area contributed by atoms with Crippen LogP contribution in [0, 0.1) is 0 Å². The number of benzene rings is 1. The molecule has 0 saturated carbocycles. The first-order chi connectivity index (χ1) is 9.19. The Morgan fingerprint density at radius 1 is 1.26 bits per heavy atom. The summed E-state index contributed by atoms with van der Waals surface area (Å²) < 4.78 is 5.63. The Morgan fingerprint density at radius 3 is 2.68 bits per heavy atom. The number of rotatable bonds is 5. The molecule has 0 amide bonds. The first kappa shape index (κ1) is 13.6. The van der Waals surface area contributed by atoms with Gasteiger partial charge in [-0.3, -0.25) is 0 Å². The van der Waals surface area contributed by atoms with Crippen LogP contribution in [0.25, 0.3) is 0 Å². The summed E-state index contributed by atoms with van der Waals surface area (Å²) in [6.45, 7) is 0.520. The number of hydrogen-bond acceptors (Lipinski definition) is 6. The smallest absolute Gasteiger partial charge is 0.228 e. The number of ether oxygens (including phenoxy) is 1. The maximum atomic E-state index is 8.89. The highest BCUT2D eigenvalue weighted by Gasteiger charge is 2.06. The summed E-state index contributed by atoms with van der Waals surface area (Å²) in [7, 11) is 1.81. The maximum Gasteiger partial charge on any atom is 0.228 e. The van der Waals surface area contributed by atoms with Gasteiger partial charge in [-0.05, 0) is 24.3 Å². The van der Waals surface area contributed by atoms with Crippen LogP contribution < -0.4 is 9.64 Å². The minimum atomic E-state index is 0.0500. The van der Waals surface area contributed by atoms with Gasteiger partial charge in [-0.1, -0.05) is 0 Å². The molecule has 19 heavy (non-hydrogen) atoms. The lowest BCUT2D eigenvalue weighted by atomic mass is 10.3. The van der Waals surface area contributed by atoms with Gasteiger partial charge in [-0.25, -0.2) is 4.98 Å². The Bertz CT molecular complexity index is 534. The zero-order valence-corrected chi connectivity index (χ0v) is 11.4. The molecule has 1 N–H and O–H groups in total. The van der Waals surface area contributed by atoms with Crippen LogP contribution in [0.5, 0.6) is 11.6 Å². The molecule has 0 aliphatic carbocycles. The molecule has 0 saturated heterocycles. The van der Waals surface area contributed by atoms with Crippen molar-refractivity contribution in [1.29, 1.82) is 0 Å². The van der Waals surface area contributed by atoms with Crippen molar-refractivity contribution < 1.29 is 9.84 Å². The molecule has 0 fully saturated rings. The van der Waals surface area contributed by atoms with Crippen LogP contribution in [0.15, 0.2) is 41.4 Å². The van der Waals surface area contributed by atoms with E-state index in [0.29, 0.717) is 24.1 Å². The van der Waals surface area contributed by atoms with E-state index >= 15 is 0 Å². The Balaban J connectivity index is 2.12. The average Bonchev–Trinajstić information content (AvgIpc) is 2.42. The number of hydrogen-bond donors (Lipinski definition) is 2. The number of likely N-dealkylation sites (N-methyl/N-ethyl adjacent to an activating group) is 1. The van der Waals surface area contributed by atoms with Gasteiger partial charge in [0.1, 0.15) is 5.75 Å². The van der Waals surface area contributed by atoms with Crippen LogP contribution in [0.4, 0.5) is 5.95 Å². The van der Waals surface area contributed by atoms with Crippen molar-refractivity contribution in [2.45, 2.75) is 4.90 Å². The first-order valence-corrected chi connectivity index (χ1v) is 6.25. The van der Waals surface area contributed by atoms with Crippen molar-refractivity contribution in [3.05, 3.63) is 36.5 Å². The fourth-order valence-electron chi connectivity index (χ4n) is 1.46. The maximum absolute atomic E-state index is 8.89. The summed E-state index contributed by atoms with van der Waals surface area (Å²) in [5.41, 5.74) is 0. The minimum Gasteiger partial charge on any atom is -0.439 e. The van der Waals surface area contributed by atoms with E-state index in [9.17, 15) is 0 Å². The van der Waals surface area contributed by atoms with Gasteiger partial charge in [-0.2, -0.15) is 4.98 Å². The fourth-order valence-corrected chi connectivity index (χ4v) is 1.61. The predicted molar refractivity (Wildman–Crippen MR) is 76.2 cm³/mol. The van der Waals surface area contributed by atoms with Gasteiger partial charge in [0.15, 0.2) is 0 Å². The van der Waals surface area contributed by atoms with E-state index in [1.165, 1.54) is 0 Å². The van der Waals surface area contributed by atoms with Gasteiger partial charge >= 0.3 is 0 Å². The third-order valence-electron chi connectivity index (χ3n) is 2.45. The van der Waals surface area contributed by atoms with Gasteiger partial charge in [0, 0.05) is 30.8 Å². The molecule has 6 heteroatoms. The van der Waals surface area contributed by atoms with Gasteiger partial charge in [0.2, 0.25) is 11.8 Å². The largest absolute Gasteiger partial charge is 0.439 e. The lowest BCUT2D eigenvalue weighted by molar-refractivity contribution is 0.303. The molecule has 2 aromatic rings. The van der Waals surface area contributed by atoms with Crippen LogP contribution in [-0.4, -0.2) is 35.3 Å². The number of aromatic nitrogens is 2. The molecule has 1 aromatic heterocycles. The molecule has 0 radical (unpaired) electrons. The number of anilines is 1. The monoisotopic (exact) mass is 277 g/mol. The summed E-state index contributed by atoms with van der Waals surface area (Å²) in [5.74, 6) is 1.66. The highest BCUT2D eigenvalue weighted by molar-refractivity contribution is 7.80. The quantitative estimate of drug-likeness (QED) is 0.819. The van der Waals surface area contributed by atoms with Crippen LogP contribution >= 0.6 is 12.6 Å². The standard InChI is InChI=1S/C13H15N3O2S/c1-16(8-9-17)13-14-7-6-12(15-13)18-10-2-4-11(19)5-3-10/h2-7,17,19H,8-9H2,1H3. The molecular formula is C13H15N3O2S. The van der Waals surface area contributed by atoms with E-state index < -0.39 is 0 Å². The molecule has 0 bridgehead atoms. The average molecular weight is 277 g/mol. The fraction of sp³-hybridized carbons (Fsp3) is 0.231. The van der Waals surface area contributed by atoms with Crippen LogP contribution in [-0.2, 0) is 0 Å². The summed E-state index contributed by atoms with van der Waals surface area (Å²) in [6.07, 6.45) is 1.62. The molecule has 5 nitrogen and oxygen atoms in total. The van der Waals surface area contributed by atoms with Gasteiger partial charge in [0.05, 0.1) is 6.61 Å². The van der Waals surface area contributed by atoms with E-state index in [1.54, 1.807) is 17.2 Å². The minimum absolute atomic E-state index is 0.0500. The molecule has 1 aromatic carbocycles. The van der Waals surface area contributed by atoms with Crippen LogP contribution in [0.2, 0.25) is 0 Å². The van der Waals surface area contributed by atoms with Crippen molar-refractivity contribution in [3.8, 4) is 11.6 Å². The highest BCUT2D eigenvalue weighted by atomic mass is 32.1. The van der Waals surface area contributed by atoms with Crippen LogP contribution in [0.3, 0.4) is 0 Å². The predicted octanol–water partition coefficient (Wildman–Crippen LogP) is 1.99.